The highest BCUT2D eigenvalue weighted by Crippen LogP contribution is 2.23. The summed E-state index contributed by atoms with van der Waals surface area (Å²) in [6, 6.07) is 6.82. The first-order valence-corrected chi connectivity index (χ1v) is 6.87. The fourth-order valence-electron chi connectivity index (χ4n) is 2.25. The lowest BCUT2D eigenvalue weighted by Gasteiger charge is -2.10. The molecule has 0 spiro atoms. The third-order valence-corrected chi connectivity index (χ3v) is 3.29. The van der Waals surface area contributed by atoms with Crippen LogP contribution < -0.4 is 16.6 Å². The van der Waals surface area contributed by atoms with Crippen LogP contribution in [0.15, 0.2) is 29.1 Å². The van der Waals surface area contributed by atoms with Crippen LogP contribution in [0.5, 0.6) is 0 Å². The van der Waals surface area contributed by atoms with Crippen molar-refractivity contribution in [2.45, 2.75) is 6.61 Å². The summed E-state index contributed by atoms with van der Waals surface area (Å²) in [5.41, 5.74) is 6.40. The van der Waals surface area contributed by atoms with Gasteiger partial charge < -0.3 is 15.6 Å². The molecule has 0 fully saturated rings. The molecule has 0 aliphatic carbocycles. The van der Waals surface area contributed by atoms with Crippen LogP contribution in [0.1, 0.15) is 5.56 Å². The topological polar surface area (TPSA) is 148 Å². The van der Waals surface area contributed by atoms with Crippen molar-refractivity contribution in [2.24, 2.45) is 0 Å². The van der Waals surface area contributed by atoms with Gasteiger partial charge in [0.25, 0.3) is 5.56 Å². The number of benzene rings is 1. The third kappa shape index (κ3) is 2.65. The Kier molecular flexibility index (Phi) is 3.88. The van der Waals surface area contributed by atoms with Crippen LogP contribution in [0.3, 0.4) is 0 Å². The normalized spacial score (nSPS) is 10.8. The molecular weight excluding hydrogens is 316 g/mol. The van der Waals surface area contributed by atoms with Crippen LogP contribution in [0.25, 0.3) is 16.9 Å². The first-order valence-electron chi connectivity index (χ1n) is 6.87. The number of H-pyrrole nitrogens is 1. The molecule has 2 aromatic heterocycles. The van der Waals surface area contributed by atoms with Crippen molar-refractivity contribution in [1.82, 2.24) is 19.5 Å². The Labute approximate surface area is 134 Å². The molecule has 2 heterocycles. The number of aliphatic hydroxyl groups is 1. The van der Waals surface area contributed by atoms with Crippen LogP contribution >= 0.6 is 0 Å². The number of carbonyl (C=O) groups is 1. The smallest absolute Gasteiger partial charge is 0.413 e. The van der Waals surface area contributed by atoms with E-state index in [9.17, 15) is 14.7 Å². The van der Waals surface area contributed by atoms with E-state index in [1.54, 1.807) is 24.3 Å². The number of carbonyl (C=O) groups excluding carboxylic acids is 1. The minimum atomic E-state index is -0.755. The van der Waals surface area contributed by atoms with Gasteiger partial charge in [0.2, 0.25) is 11.9 Å². The van der Waals surface area contributed by atoms with Gasteiger partial charge in [0.05, 0.1) is 19.4 Å². The number of amides is 1. The maximum Gasteiger partial charge on any atom is 0.413 e. The summed E-state index contributed by atoms with van der Waals surface area (Å²) in [5, 5.41) is 11.7. The van der Waals surface area contributed by atoms with Gasteiger partial charge in [0, 0.05) is 0 Å². The van der Waals surface area contributed by atoms with Crippen LogP contribution in [-0.2, 0) is 11.3 Å². The second-order valence-corrected chi connectivity index (χ2v) is 4.84. The Hall–Kier alpha value is -3.40. The summed E-state index contributed by atoms with van der Waals surface area (Å²) < 4.78 is 6.01. The number of aromatic amines is 1. The van der Waals surface area contributed by atoms with Gasteiger partial charge in [-0.3, -0.25) is 19.7 Å². The van der Waals surface area contributed by atoms with Gasteiger partial charge in [-0.05, 0) is 17.7 Å². The molecule has 0 bridgehead atoms. The summed E-state index contributed by atoms with van der Waals surface area (Å²) in [7, 11) is 1.21. The van der Waals surface area contributed by atoms with Crippen molar-refractivity contribution in [3.8, 4) is 5.69 Å². The molecular formula is C14H14N6O4. The minimum Gasteiger partial charge on any atom is -0.453 e. The number of methoxy groups -OCH3 is 1. The van der Waals surface area contributed by atoms with Gasteiger partial charge in [0.15, 0.2) is 11.2 Å². The number of hydrogen-bond donors (Lipinski definition) is 4. The molecule has 3 rings (SSSR count). The number of nitrogen functional groups attached to an aromatic ring is 1. The molecule has 124 valence electrons. The average Bonchev–Trinajstić information content (AvgIpc) is 2.93. The Morgan fingerprint density at radius 3 is 2.96 bits per heavy atom. The summed E-state index contributed by atoms with van der Waals surface area (Å²) in [6.07, 6.45) is -0.755. The van der Waals surface area contributed by atoms with E-state index in [1.165, 1.54) is 11.7 Å². The Morgan fingerprint density at radius 1 is 1.46 bits per heavy atom. The summed E-state index contributed by atoms with van der Waals surface area (Å²) in [5.74, 6) is -0.0490. The van der Waals surface area contributed by atoms with Gasteiger partial charge in [-0.25, -0.2) is 9.78 Å². The molecule has 0 radical (unpaired) electrons. The highest BCUT2D eigenvalue weighted by Gasteiger charge is 2.19. The van der Waals surface area contributed by atoms with Crippen molar-refractivity contribution in [3.05, 3.63) is 40.2 Å². The van der Waals surface area contributed by atoms with E-state index in [4.69, 9.17) is 5.73 Å². The molecule has 10 nitrogen and oxygen atoms in total. The zero-order valence-electron chi connectivity index (χ0n) is 12.6. The maximum atomic E-state index is 12.0. The molecule has 0 unspecified atom stereocenters. The van der Waals surface area contributed by atoms with Crippen molar-refractivity contribution in [1.29, 1.82) is 0 Å². The fourth-order valence-corrected chi connectivity index (χ4v) is 2.25. The lowest BCUT2D eigenvalue weighted by Crippen LogP contribution is -2.15. The third-order valence-electron chi connectivity index (χ3n) is 3.29. The molecule has 1 amide bonds. The number of aliphatic hydroxyl groups excluding tert-OH is 1. The van der Waals surface area contributed by atoms with Crippen molar-refractivity contribution in [2.75, 3.05) is 18.2 Å². The summed E-state index contributed by atoms with van der Waals surface area (Å²) in [4.78, 5) is 34.1. The molecule has 5 N–H and O–H groups in total. The molecule has 1 aromatic carbocycles. The number of aromatic nitrogens is 4. The molecule has 0 saturated heterocycles. The maximum absolute atomic E-state index is 12.0. The van der Waals surface area contributed by atoms with Crippen LogP contribution in [0.4, 0.5) is 16.7 Å². The van der Waals surface area contributed by atoms with Gasteiger partial charge in [-0.15, -0.1) is 0 Å². The number of nitrogens with one attached hydrogen (secondary N) is 2. The Balaban J connectivity index is 2.31. The highest BCUT2D eigenvalue weighted by molar-refractivity contribution is 5.87. The predicted octanol–water partition coefficient (Wildman–Crippen LogP) is 0.362. The van der Waals surface area contributed by atoms with Crippen molar-refractivity contribution >= 4 is 29.2 Å². The molecule has 0 aliphatic rings. The van der Waals surface area contributed by atoms with Gasteiger partial charge in [-0.1, -0.05) is 12.1 Å². The van der Waals surface area contributed by atoms with Crippen LogP contribution in [0, 0.1) is 0 Å². The largest absolute Gasteiger partial charge is 0.453 e. The number of fused-ring (bicyclic) bond motifs is 1. The SMILES string of the molecule is COC(=O)Nc1nc2c(=O)[nH]c(N)nc2n1-c1cccc(CO)c1. The highest BCUT2D eigenvalue weighted by atomic mass is 16.5. The molecule has 0 aliphatic heterocycles. The second kappa shape index (κ2) is 6.01. The van der Waals surface area contributed by atoms with E-state index in [0.29, 0.717) is 11.3 Å². The molecule has 3 aromatic rings. The van der Waals surface area contributed by atoms with Crippen LogP contribution in [0.2, 0.25) is 0 Å². The monoisotopic (exact) mass is 330 g/mol. The first-order chi connectivity index (χ1) is 11.5. The number of hydrogen-bond acceptors (Lipinski definition) is 7. The van der Waals surface area contributed by atoms with E-state index in [2.05, 4.69) is 25.0 Å². The molecule has 10 heteroatoms. The number of imidazole rings is 1. The van der Waals surface area contributed by atoms with Crippen molar-refractivity contribution in [3.63, 3.8) is 0 Å². The Bertz CT molecular complexity index is 977. The van der Waals surface area contributed by atoms with Crippen LogP contribution in [-0.4, -0.2) is 37.8 Å². The quantitative estimate of drug-likeness (QED) is 0.542. The van der Waals surface area contributed by atoms with E-state index in [-0.39, 0.29) is 29.7 Å². The fraction of sp³-hybridized carbons (Fsp3) is 0.143. The first kappa shape index (κ1) is 15.5. The Morgan fingerprint density at radius 2 is 2.25 bits per heavy atom. The lowest BCUT2D eigenvalue weighted by molar-refractivity contribution is 0.186. The zero-order valence-corrected chi connectivity index (χ0v) is 12.6. The van der Waals surface area contributed by atoms with E-state index >= 15 is 0 Å². The molecule has 0 saturated carbocycles. The second-order valence-electron chi connectivity index (χ2n) is 4.84. The van der Waals surface area contributed by atoms with E-state index < -0.39 is 11.7 Å². The number of ether oxygens (including phenoxy) is 1. The van der Waals surface area contributed by atoms with Gasteiger partial charge in [-0.2, -0.15) is 4.98 Å². The molecule has 24 heavy (non-hydrogen) atoms. The van der Waals surface area contributed by atoms with Gasteiger partial charge in [0.1, 0.15) is 0 Å². The van der Waals surface area contributed by atoms with Crippen molar-refractivity contribution < 1.29 is 14.6 Å². The zero-order chi connectivity index (χ0) is 17.3. The number of nitrogens with two attached hydrogens (primary N) is 1. The number of nitrogens with zero attached hydrogens (tertiary/aromatic N) is 3. The average molecular weight is 330 g/mol. The number of anilines is 2. The van der Waals surface area contributed by atoms with E-state index in [1.807, 2.05) is 0 Å². The van der Waals surface area contributed by atoms with Gasteiger partial charge >= 0.3 is 6.09 Å². The molecule has 0 atom stereocenters. The summed E-state index contributed by atoms with van der Waals surface area (Å²) >= 11 is 0. The van der Waals surface area contributed by atoms with E-state index in [0.717, 1.165) is 0 Å². The minimum absolute atomic E-state index is 0.00463. The predicted molar refractivity (Wildman–Crippen MR) is 85.8 cm³/mol. The summed E-state index contributed by atoms with van der Waals surface area (Å²) in [6.45, 7) is -0.170. The number of rotatable bonds is 3. The lowest BCUT2D eigenvalue weighted by atomic mass is 10.2. The standard InChI is InChI=1S/C14H14N6O4/c1-24-14(23)19-13-16-9-10(17-12(15)18-11(9)22)20(13)8-4-2-3-7(5-8)6-21/h2-5,21H,6H2,1H3,(H,16,19,23)(H3,15,17,18,22).